The number of ether oxygens (including phenoxy) is 1. The number of aliphatic carboxylic acids is 1. The topological polar surface area (TPSA) is 75.6 Å². The Morgan fingerprint density at radius 1 is 1.53 bits per heavy atom. The molecule has 0 aromatic heterocycles. The Labute approximate surface area is 102 Å². The minimum absolute atomic E-state index is 0.115. The van der Waals surface area contributed by atoms with Crippen LogP contribution >= 0.6 is 0 Å². The Morgan fingerprint density at radius 3 is 2.71 bits per heavy atom. The van der Waals surface area contributed by atoms with E-state index in [1.165, 1.54) is 0 Å². The number of hydrogen-bond acceptors (Lipinski definition) is 3. The summed E-state index contributed by atoms with van der Waals surface area (Å²) in [7, 11) is 0. The van der Waals surface area contributed by atoms with Gasteiger partial charge in [-0.25, -0.2) is 4.79 Å². The van der Waals surface area contributed by atoms with Crippen LogP contribution in [0.4, 0.5) is 0 Å². The monoisotopic (exact) mass is 243 g/mol. The van der Waals surface area contributed by atoms with Crippen LogP contribution in [0.15, 0.2) is 0 Å². The number of hydrogen-bond donors (Lipinski definition) is 2. The highest BCUT2D eigenvalue weighted by Crippen LogP contribution is 2.20. The molecule has 0 aliphatic carbocycles. The summed E-state index contributed by atoms with van der Waals surface area (Å²) in [6.07, 6.45) is 2.76. The first-order chi connectivity index (χ1) is 8.06. The maximum Gasteiger partial charge on any atom is 0.326 e. The summed E-state index contributed by atoms with van der Waals surface area (Å²) < 4.78 is 5.30. The van der Waals surface area contributed by atoms with Crippen LogP contribution < -0.4 is 5.32 Å². The number of carboxylic acid groups (broad SMARTS) is 1. The molecule has 5 nitrogen and oxygen atoms in total. The standard InChI is InChI=1S/C12H21NO4/c1-3-4-5-10(12(15)16)13-11(14)9-6-7-17-8(9)2/h8-10H,3-7H2,1-2H3,(H,13,14)(H,15,16)/t8?,9?,10-/m0/s1. The molecule has 17 heavy (non-hydrogen) atoms. The summed E-state index contributed by atoms with van der Waals surface area (Å²) in [6.45, 7) is 4.42. The van der Waals surface area contributed by atoms with Gasteiger partial charge in [0.25, 0.3) is 0 Å². The first-order valence-electron chi connectivity index (χ1n) is 6.21. The Kier molecular flexibility index (Phi) is 5.41. The fraction of sp³-hybridized carbons (Fsp3) is 0.833. The lowest BCUT2D eigenvalue weighted by Gasteiger charge is -2.18. The van der Waals surface area contributed by atoms with E-state index < -0.39 is 12.0 Å². The van der Waals surface area contributed by atoms with Crippen LogP contribution in [-0.4, -0.2) is 35.7 Å². The van der Waals surface area contributed by atoms with E-state index >= 15 is 0 Å². The van der Waals surface area contributed by atoms with E-state index in [1.54, 1.807) is 0 Å². The molecule has 0 radical (unpaired) electrons. The van der Waals surface area contributed by atoms with Crippen molar-refractivity contribution in [3.8, 4) is 0 Å². The predicted octanol–water partition coefficient (Wildman–Crippen LogP) is 1.17. The van der Waals surface area contributed by atoms with Crippen molar-refractivity contribution in [2.75, 3.05) is 6.61 Å². The largest absolute Gasteiger partial charge is 0.480 e. The fourth-order valence-electron chi connectivity index (χ4n) is 2.02. The van der Waals surface area contributed by atoms with Crippen molar-refractivity contribution in [3.05, 3.63) is 0 Å². The average Bonchev–Trinajstić information content (AvgIpc) is 2.70. The highest BCUT2D eigenvalue weighted by molar-refractivity contribution is 5.85. The third-order valence-corrected chi connectivity index (χ3v) is 3.17. The van der Waals surface area contributed by atoms with Crippen molar-refractivity contribution in [1.82, 2.24) is 5.32 Å². The minimum atomic E-state index is -0.960. The van der Waals surface area contributed by atoms with Crippen molar-refractivity contribution >= 4 is 11.9 Å². The zero-order valence-corrected chi connectivity index (χ0v) is 10.4. The van der Waals surface area contributed by atoms with Gasteiger partial charge in [-0.2, -0.15) is 0 Å². The minimum Gasteiger partial charge on any atom is -0.480 e. The highest BCUT2D eigenvalue weighted by Gasteiger charge is 2.32. The average molecular weight is 243 g/mol. The van der Waals surface area contributed by atoms with E-state index in [9.17, 15) is 9.59 Å². The molecule has 1 saturated heterocycles. The van der Waals surface area contributed by atoms with Gasteiger partial charge in [0.2, 0.25) is 5.91 Å². The SMILES string of the molecule is CCCC[C@H](NC(=O)C1CCOC1C)C(=O)O. The van der Waals surface area contributed by atoms with Gasteiger partial charge in [-0.1, -0.05) is 19.8 Å². The first kappa shape index (κ1) is 14.0. The molecule has 1 rings (SSSR count). The first-order valence-corrected chi connectivity index (χ1v) is 6.21. The smallest absolute Gasteiger partial charge is 0.326 e. The molecular formula is C12H21NO4. The van der Waals surface area contributed by atoms with E-state index in [0.717, 1.165) is 12.8 Å². The Hall–Kier alpha value is -1.10. The van der Waals surface area contributed by atoms with Crippen molar-refractivity contribution in [2.45, 2.75) is 51.7 Å². The number of rotatable bonds is 6. The number of nitrogens with one attached hydrogen (secondary N) is 1. The zero-order chi connectivity index (χ0) is 12.8. The van der Waals surface area contributed by atoms with Gasteiger partial charge >= 0.3 is 5.97 Å². The van der Waals surface area contributed by atoms with Crippen molar-refractivity contribution in [1.29, 1.82) is 0 Å². The van der Waals surface area contributed by atoms with Gasteiger partial charge in [-0.15, -0.1) is 0 Å². The van der Waals surface area contributed by atoms with Gasteiger partial charge in [-0.3, -0.25) is 4.79 Å². The predicted molar refractivity (Wildman–Crippen MR) is 62.6 cm³/mol. The molecule has 1 heterocycles. The molecular weight excluding hydrogens is 222 g/mol. The molecule has 0 spiro atoms. The van der Waals surface area contributed by atoms with E-state index in [0.29, 0.717) is 19.4 Å². The molecule has 2 N–H and O–H groups in total. The Morgan fingerprint density at radius 2 is 2.24 bits per heavy atom. The van der Waals surface area contributed by atoms with E-state index in [-0.39, 0.29) is 17.9 Å². The second kappa shape index (κ2) is 6.59. The van der Waals surface area contributed by atoms with Crippen molar-refractivity contribution in [2.24, 2.45) is 5.92 Å². The quantitative estimate of drug-likeness (QED) is 0.734. The summed E-state index contributed by atoms with van der Waals surface area (Å²) in [5.41, 5.74) is 0. The van der Waals surface area contributed by atoms with Crippen LogP contribution in [0, 0.1) is 5.92 Å². The molecule has 0 aromatic carbocycles. The van der Waals surface area contributed by atoms with E-state index in [4.69, 9.17) is 9.84 Å². The summed E-state index contributed by atoms with van der Waals surface area (Å²) >= 11 is 0. The van der Waals surface area contributed by atoms with Crippen LogP contribution in [0.2, 0.25) is 0 Å². The molecule has 1 fully saturated rings. The number of carbonyl (C=O) groups is 2. The van der Waals surface area contributed by atoms with Gasteiger partial charge in [-0.05, 0) is 19.8 Å². The van der Waals surface area contributed by atoms with Gasteiger partial charge < -0.3 is 15.2 Å². The molecule has 0 saturated carbocycles. The molecule has 1 aliphatic rings. The fourth-order valence-corrected chi connectivity index (χ4v) is 2.02. The Balaban J connectivity index is 2.48. The normalized spacial score (nSPS) is 25.5. The lowest BCUT2D eigenvalue weighted by Crippen LogP contribution is -2.44. The summed E-state index contributed by atoms with van der Waals surface area (Å²) in [5, 5.41) is 11.6. The maximum absolute atomic E-state index is 11.9. The number of carbonyl (C=O) groups excluding carboxylic acids is 1. The van der Waals surface area contributed by atoms with Crippen LogP contribution in [-0.2, 0) is 14.3 Å². The lowest BCUT2D eigenvalue weighted by molar-refractivity contribution is -0.143. The number of carboxylic acids is 1. The van der Waals surface area contributed by atoms with E-state index in [1.807, 2.05) is 13.8 Å². The molecule has 1 aliphatic heterocycles. The van der Waals surface area contributed by atoms with Crippen LogP contribution in [0.25, 0.3) is 0 Å². The van der Waals surface area contributed by atoms with Gasteiger partial charge in [0.1, 0.15) is 6.04 Å². The molecule has 1 amide bonds. The van der Waals surface area contributed by atoms with Crippen LogP contribution in [0.1, 0.15) is 39.5 Å². The summed E-state index contributed by atoms with van der Waals surface area (Å²) in [5.74, 6) is -1.37. The number of amides is 1. The highest BCUT2D eigenvalue weighted by atomic mass is 16.5. The molecule has 0 aromatic rings. The number of unbranched alkanes of at least 4 members (excludes halogenated alkanes) is 1. The molecule has 0 bridgehead atoms. The summed E-state index contributed by atoms with van der Waals surface area (Å²) in [4.78, 5) is 22.9. The molecule has 2 unspecified atom stereocenters. The maximum atomic E-state index is 11.9. The second-order valence-electron chi connectivity index (χ2n) is 4.51. The van der Waals surface area contributed by atoms with Crippen molar-refractivity contribution in [3.63, 3.8) is 0 Å². The van der Waals surface area contributed by atoms with Gasteiger partial charge in [0.05, 0.1) is 12.0 Å². The zero-order valence-electron chi connectivity index (χ0n) is 10.4. The van der Waals surface area contributed by atoms with Crippen LogP contribution in [0.3, 0.4) is 0 Å². The van der Waals surface area contributed by atoms with Crippen LogP contribution in [0.5, 0.6) is 0 Å². The third-order valence-electron chi connectivity index (χ3n) is 3.17. The van der Waals surface area contributed by atoms with Gasteiger partial charge in [0.15, 0.2) is 0 Å². The molecule has 98 valence electrons. The summed E-state index contributed by atoms with van der Waals surface area (Å²) in [6, 6.07) is -0.768. The molecule has 3 atom stereocenters. The lowest BCUT2D eigenvalue weighted by atomic mass is 10.0. The Bertz CT molecular complexity index is 280. The van der Waals surface area contributed by atoms with Gasteiger partial charge in [0, 0.05) is 6.61 Å². The van der Waals surface area contributed by atoms with Crippen molar-refractivity contribution < 1.29 is 19.4 Å². The second-order valence-corrected chi connectivity index (χ2v) is 4.51. The van der Waals surface area contributed by atoms with E-state index in [2.05, 4.69) is 5.32 Å². The third kappa shape index (κ3) is 4.00. The molecule has 5 heteroatoms.